The monoisotopic (exact) mass is 626 g/mol. The third-order valence-electron chi connectivity index (χ3n) is 8.77. The van der Waals surface area contributed by atoms with Gasteiger partial charge in [-0.1, -0.05) is 26.0 Å². The van der Waals surface area contributed by atoms with E-state index in [9.17, 15) is 24.3 Å². The molecule has 46 heavy (non-hydrogen) atoms. The number of nitrogens with one attached hydrogen (secondary N) is 1. The van der Waals surface area contributed by atoms with Crippen LogP contribution in [0.25, 0.3) is 22.3 Å². The molecule has 0 fully saturated rings. The van der Waals surface area contributed by atoms with E-state index >= 15 is 0 Å². The number of carboxylic acids is 1. The summed E-state index contributed by atoms with van der Waals surface area (Å²) >= 11 is 0. The molecule has 0 unspecified atom stereocenters. The number of esters is 1. The van der Waals surface area contributed by atoms with Crippen molar-refractivity contribution in [2.45, 2.75) is 70.9 Å². The summed E-state index contributed by atoms with van der Waals surface area (Å²) in [6.45, 7) is 4.14. The molecule has 0 radical (unpaired) electrons. The summed E-state index contributed by atoms with van der Waals surface area (Å²) in [5, 5.41) is 23.7. The molecule has 2 aliphatic rings. The molecule has 0 bridgehead atoms. The largest absolute Gasteiger partial charge is 0.489 e. The van der Waals surface area contributed by atoms with Crippen molar-refractivity contribution in [1.29, 1.82) is 0 Å². The molecule has 0 aliphatic carbocycles. The van der Waals surface area contributed by atoms with Crippen LogP contribution in [-0.2, 0) is 50.9 Å². The number of carbonyl (C=O) groups is 3. The maximum absolute atomic E-state index is 13.6. The van der Waals surface area contributed by atoms with E-state index in [1.54, 1.807) is 29.7 Å². The number of benzene rings is 2. The zero-order valence-electron chi connectivity index (χ0n) is 25.5. The highest BCUT2D eigenvalue weighted by atomic mass is 16.6. The number of carboxylic acid groups (broad SMARTS) is 1. The first-order chi connectivity index (χ1) is 22.0. The fourth-order valence-electron chi connectivity index (χ4n) is 6.12. The predicted octanol–water partition coefficient (Wildman–Crippen LogP) is 3.35. The lowest BCUT2D eigenvalue weighted by atomic mass is 9.86. The maximum atomic E-state index is 13.6. The molecule has 0 saturated heterocycles. The van der Waals surface area contributed by atoms with Crippen LogP contribution in [0.2, 0.25) is 0 Å². The highest BCUT2D eigenvalue weighted by Crippen LogP contribution is 2.40. The van der Waals surface area contributed by atoms with Gasteiger partial charge in [-0.15, -0.1) is 0 Å². The topological polar surface area (TPSA) is 183 Å². The summed E-state index contributed by atoms with van der Waals surface area (Å²) in [7, 11) is 0. The van der Waals surface area contributed by atoms with Crippen LogP contribution >= 0.6 is 0 Å². The Morgan fingerprint density at radius 2 is 1.89 bits per heavy atom. The molecule has 0 spiro atoms. The Balaban J connectivity index is 1.21. The van der Waals surface area contributed by atoms with Gasteiger partial charge >= 0.3 is 11.9 Å². The standard InChI is InChI=1S/C34H34N4O8/c1-3-21-22-13-20(45-16-18-5-7-19(8-6-18)36-29(39)12-10-26(35)32(41)42)9-11-27(22)37-30-23(21)15-38-28(30)14-25-24(31(38)40)17-46-33(43)34(25,44)4-2/h5-9,11,13-14,26,44H,3-4,10,12,15-17,35H2,1-2H3,(H,36,39)(H,41,42)/t26-,34-/m0/s1. The summed E-state index contributed by atoms with van der Waals surface area (Å²) < 4.78 is 12.9. The molecule has 2 aliphatic heterocycles. The van der Waals surface area contributed by atoms with Gasteiger partial charge in [0.05, 0.1) is 29.0 Å². The number of hydrogen-bond acceptors (Lipinski definition) is 9. The van der Waals surface area contributed by atoms with Gasteiger partial charge in [-0.3, -0.25) is 14.4 Å². The van der Waals surface area contributed by atoms with Crippen LogP contribution in [0.3, 0.4) is 0 Å². The molecule has 6 rings (SSSR count). The van der Waals surface area contributed by atoms with Crippen molar-refractivity contribution in [2.75, 3.05) is 5.32 Å². The Morgan fingerprint density at radius 1 is 1.13 bits per heavy atom. The van der Waals surface area contributed by atoms with Crippen molar-refractivity contribution in [3.05, 3.63) is 86.7 Å². The van der Waals surface area contributed by atoms with Crippen molar-refractivity contribution in [1.82, 2.24) is 9.55 Å². The fourth-order valence-corrected chi connectivity index (χ4v) is 6.12. The minimum Gasteiger partial charge on any atom is -0.489 e. The Labute approximate surface area is 263 Å². The summed E-state index contributed by atoms with van der Waals surface area (Å²) in [5.41, 5.74) is 9.23. The number of hydrogen-bond donors (Lipinski definition) is 4. The van der Waals surface area contributed by atoms with Gasteiger partial charge in [0.2, 0.25) is 5.91 Å². The second kappa shape index (κ2) is 12.0. The van der Waals surface area contributed by atoms with Crippen LogP contribution < -0.4 is 21.3 Å². The molecule has 4 aromatic rings. The number of aliphatic hydroxyl groups is 1. The quantitative estimate of drug-likeness (QED) is 0.168. The van der Waals surface area contributed by atoms with Crippen molar-refractivity contribution >= 4 is 34.4 Å². The van der Waals surface area contributed by atoms with Gasteiger partial charge < -0.3 is 35.3 Å². The molecule has 2 atom stereocenters. The van der Waals surface area contributed by atoms with Gasteiger partial charge in [0.25, 0.3) is 5.56 Å². The lowest BCUT2D eigenvalue weighted by molar-refractivity contribution is -0.172. The Bertz CT molecular complexity index is 1950. The molecule has 2 aromatic carbocycles. The van der Waals surface area contributed by atoms with Gasteiger partial charge in [0, 0.05) is 28.6 Å². The molecule has 4 heterocycles. The Morgan fingerprint density at radius 3 is 2.59 bits per heavy atom. The van der Waals surface area contributed by atoms with Gasteiger partial charge in [-0.25, -0.2) is 9.78 Å². The van der Waals surface area contributed by atoms with E-state index in [1.807, 2.05) is 37.3 Å². The molecule has 2 aromatic heterocycles. The van der Waals surface area contributed by atoms with E-state index in [2.05, 4.69) is 5.32 Å². The summed E-state index contributed by atoms with van der Waals surface area (Å²) in [6.07, 6.45) is 0.810. The van der Waals surface area contributed by atoms with Crippen LogP contribution in [0, 0.1) is 0 Å². The lowest BCUT2D eigenvalue weighted by Crippen LogP contribution is -2.44. The molecular formula is C34H34N4O8. The average molecular weight is 627 g/mol. The second-order valence-corrected chi connectivity index (χ2v) is 11.6. The van der Waals surface area contributed by atoms with Crippen molar-refractivity contribution in [3.63, 3.8) is 0 Å². The van der Waals surface area contributed by atoms with E-state index < -0.39 is 23.6 Å². The van der Waals surface area contributed by atoms with Gasteiger partial charge in [-0.2, -0.15) is 0 Å². The smallest absolute Gasteiger partial charge is 0.343 e. The molecule has 1 amide bonds. The number of aliphatic carboxylic acids is 1. The second-order valence-electron chi connectivity index (χ2n) is 11.6. The number of pyridine rings is 2. The summed E-state index contributed by atoms with van der Waals surface area (Å²) in [4.78, 5) is 53.9. The van der Waals surface area contributed by atoms with Crippen LogP contribution in [0.4, 0.5) is 5.69 Å². The third kappa shape index (κ3) is 5.39. The highest BCUT2D eigenvalue weighted by Gasteiger charge is 2.45. The Hall–Kier alpha value is -5.07. The molecule has 12 nitrogen and oxygen atoms in total. The lowest BCUT2D eigenvalue weighted by Gasteiger charge is -2.31. The maximum Gasteiger partial charge on any atom is 0.343 e. The number of nitrogens with two attached hydrogens (primary N) is 1. The zero-order chi connectivity index (χ0) is 32.7. The number of carbonyl (C=O) groups excluding carboxylic acids is 2. The highest BCUT2D eigenvalue weighted by molar-refractivity contribution is 5.91. The summed E-state index contributed by atoms with van der Waals surface area (Å²) in [6, 6.07) is 13.4. The van der Waals surface area contributed by atoms with Crippen LogP contribution in [0.1, 0.15) is 60.9 Å². The Kier molecular flexibility index (Phi) is 8.09. The number of ether oxygens (including phenoxy) is 2. The number of anilines is 1. The first-order valence-electron chi connectivity index (χ1n) is 15.2. The first kappa shape index (κ1) is 30.9. The minimum atomic E-state index is -1.88. The number of fused-ring (bicyclic) bond motifs is 5. The number of aryl methyl sites for hydroxylation is 1. The molecule has 0 saturated carbocycles. The van der Waals surface area contributed by atoms with Crippen molar-refractivity contribution in [3.8, 4) is 17.1 Å². The van der Waals surface area contributed by atoms with Crippen LogP contribution in [0.15, 0.2) is 53.3 Å². The number of aromatic nitrogens is 2. The van der Waals surface area contributed by atoms with E-state index in [1.165, 1.54) is 0 Å². The van der Waals surface area contributed by atoms with E-state index in [-0.39, 0.29) is 55.1 Å². The molecular weight excluding hydrogens is 592 g/mol. The zero-order valence-corrected chi connectivity index (χ0v) is 25.5. The molecule has 5 N–H and O–H groups in total. The fraction of sp³-hybridized carbons (Fsp3) is 0.324. The van der Waals surface area contributed by atoms with Crippen molar-refractivity contribution in [2.24, 2.45) is 5.73 Å². The average Bonchev–Trinajstić information content (AvgIpc) is 3.42. The van der Waals surface area contributed by atoms with E-state index in [0.717, 1.165) is 27.6 Å². The SMILES string of the molecule is CCc1c2c(nc3ccc(OCc4ccc(NC(=O)CC[C@H](N)C(=O)O)cc4)cc13)-c1cc3c(c(=O)n1C2)COC(=O)[C@]3(O)CC. The van der Waals surface area contributed by atoms with Gasteiger partial charge in [0.15, 0.2) is 5.60 Å². The van der Waals surface area contributed by atoms with Crippen LogP contribution in [-0.4, -0.2) is 43.7 Å². The normalized spacial score (nSPS) is 17.1. The number of amides is 1. The number of nitrogens with zero attached hydrogens (tertiary/aromatic N) is 2. The first-order valence-corrected chi connectivity index (χ1v) is 15.2. The molecule has 238 valence electrons. The predicted molar refractivity (Wildman–Crippen MR) is 168 cm³/mol. The van der Waals surface area contributed by atoms with E-state index in [0.29, 0.717) is 35.8 Å². The van der Waals surface area contributed by atoms with Crippen molar-refractivity contribution < 1.29 is 34.1 Å². The minimum absolute atomic E-state index is 0.00118. The van der Waals surface area contributed by atoms with Gasteiger partial charge in [0.1, 0.15) is 25.0 Å². The third-order valence-corrected chi connectivity index (χ3v) is 8.77. The summed E-state index contributed by atoms with van der Waals surface area (Å²) in [5.74, 6) is -1.57. The van der Waals surface area contributed by atoms with Crippen LogP contribution in [0.5, 0.6) is 5.75 Å². The number of rotatable bonds is 10. The number of cyclic esters (lactones) is 1. The van der Waals surface area contributed by atoms with E-state index in [4.69, 9.17) is 25.3 Å². The van der Waals surface area contributed by atoms with Gasteiger partial charge in [-0.05, 0) is 66.8 Å². The molecule has 12 heteroatoms.